The lowest BCUT2D eigenvalue weighted by Crippen LogP contribution is -2.17. The lowest BCUT2D eigenvalue weighted by Gasteiger charge is -2.18. The zero-order valence-electron chi connectivity index (χ0n) is 11.9. The van der Waals surface area contributed by atoms with Crippen LogP contribution in [0, 0.1) is 0 Å². The van der Waals surface area contributed by atoms with E-state index in [4.69, 9.17) is 5.73 Å². The molecule has 1 aromatic carbocycles. The number of para-hydroxylation sites is 2. The second-order valence-corrected chi connectivity index (χ2v) is 6.39. The Balaban J connectivity index is 2.33. The van der Waals surface area contributed by atoms with E-state index >= 15 is 0 Å². The van der Waals surface area contributed by atoms with Gasteiger partial charge in [-0.15, -0.1) is 0 Å². The zero-order valence-corrected chi connectivity index (χ0v) is 12.8. The molecule has 0 unspecified atom stereocenters. The fourth-order valence-electron chi connectivity index (χ4n) is 1.84. The number of hydrogen-bond acceptors (Lipinski definition) is 5. The molecule has 1 heterocycles. The van der Waals surface area contributed by atoms with Gasteiger partial charge in [0.15, 0.2) is 0 Å². The van der Waals surface area contributed by atoms with Crippen molar-refractivity contribution in [2.45, 2.75) is 11.4 Å². The van der Waals surface area contributed by atoms with Crippen LogP contribution in [0.3, 0.4) is 0 Å². The monoisotopic (exact) mass is 306 g/mol. The summed E-state index contributed by atoms with van der Waals surface area (Å²) >= 11 is 0. The summed E-state index contributed by atoms with van der Waals surface area (Å²) in [5.74, 6) is 0. The van der Waals surface area contributed by atoms with Crippen LogP contribution in [0.2, 0.25) is 0 Å². The SMILES string of the molecule is CN(C)c1ccccc1NS(=O)(=O)c1ccc(CN)nc1. The van der Waals surface area contributed by atoms with Crippen LogP contribution in [0.4, 0.5) is 11.4 Å². The molecule has 0 bridgehead atoms. The van der Waals surface area contributed by atoms with Gasteiger partial charge in [0.05, 0.1) is 17.1 Å². The minimum absolute atomic E-state index is 0.105. The summed E-state index contributed by atoms with van der Waals surface area (Å²) in [7, 11) is 0.0295. The number of nitrogens with zero attached hydrogens (tertiary/aromatic N) is 2. The van der Waals surface area contributed by atoms with E-state index < -0.39 is 10.0 Å². The van der Waals surface area contributed by atoms with E-state index in [0.717, 1.165) is 5.69 Å². The Bertz CT molecular complexity index is 712. The lowest BCUT2D eigenvalue weighted by atomic mass is 10.2. The Labute approximate surface area is 124 Å². The largest absolute Gasteiger partial charge is 0.376 e. The van der Waals surface area contributed by atoms with Crippen molar-refractivity contribution < 1.29 is 8.42 Å². The molecule has 0 amide bonds. The Hall–Kier alpha value is -2.12. The molecule has 0 radical (unpaired) electrons. The second-order valence-electron chi connectivity index (χ2n) is 4.71. The van der Waals surface area contributed by atoms with E-state index in [-0.39, 0.29) is 11.4 Å². The van der Waals surface area contributed by atoms with Crippen LogP contribution in [0.15, 0.2) is 47.5 Å². The van der Waals surface area contributed by atoms with Crippen molar-refractivity contribution in [3.63, 3.8) is 0 Å². The highest BCUT2D eigenvalue weighted by Gasteiger charge is 2.16. The molecule has 112 valence electrons. The van der Waals surface area contributed by atoms with E-state index in [1.807, 2.05) is 31.1 Å². The normalized spacial score (nSPS) is 11.2. The van der Waals surface area contributed by atoms with Gasteiger partial charge in [-0.2, -0.15) is 0 Å². The third-order valence-corrected chi connectivity index (χ3v) is 4.30. The standard InChI is InChI=1S/C14H18N4O2S/c1-18(2)14-6-4-3-5-13(14)17-21(19,20)12-8-7-11(9-15)16-10-12/h3-8,10,17H,9,15H2,1-2H3. The first kappa shape index (κ1) is 15.3. The average molecular weight is 306 g/mol. The number of pyridine rings is 1. The van der Waals surface area contributed by atoms with Crippen molar-refractivity contribution >= 4 is 21.4 Å². The maximum absolute atomic E-state index is 12.4. The summed E-state index contributed by atoms with van der Waals surface area (Å²) in [6.07, 6.45) is 1.31. The van der Waals surface area contributed by atoms with Gasteiger partial charge in [-0.05, 0) is 24.3 Å². The van der Waals surface area contributed by atoms with Crippen LogP contribution >= 0.6 is 0 Å². The number of nitrogens with two attached hydrogens (primary N) is 1. The quantitative estimate of drug-likeness (QED) is 0.872. The lowest BCUT2D eigenvalue weighted by molar-refractivity contribution is 0.600. The number of benzene rings is 1. The van der Waals surface area contributed by atoms with Crippen LogP contribution in [-0.4, -0.2) is 27.5 Å². The highest BCUT2D eigenvalue weighted by molar-refractivity contribution is 7.92. The maximum Gasteiger partial charge on any atom is 0.263 e. The number of anilines is 2. The highest BCUT2D eigenvalue weighted by Crippen LogP contribution is 2.26. The predicted molar refractivity (Wildman–Crippen MR) is 83.7 cm³/mol. The molecule has 2 aromatic rings. The minimum atomic E-state index is -3.67. The van der Waals surface area contributed by atoms with Crippen molar-refractivity contribution in [3.8, 4) is 0 Å². The number of rotatable bonds is 5. The Morgan fingerprint density at radius 3 is 2.48 bits per heavy atom. The molecule has 0 atom stereocenters. The van der Waals surface area contributed by atoms with Gasteiger partial charge in [0.1, 0.15) is 4.90 Å². The molecular weight excluding hydrogens is 288 g/mol. The molecule has 2 rings (SSSR count). The Morgan fingerprint density at radius 1 is 1.19 bits per heavy atom. The first-order chi connectivity index (χ1) is 9.94. The number of sulfonamides is 1. The fourth-order valence-corrected chi connectivity index (χ4v) is 2.86. The molecule has 0 saturated heterocycles. The van der Waals surface area contributed by atoms with Gasteiger partial charge in [-0.3, -0.25) is 9.71 Å². The predicted octanol–water partition coefficient (Wildman–Crippen LogP) is 1.41. The van der Waals surface area contributed by atoms with Gasteiger partial charge in [0, 0.05) is 26.8 Å². The van der Waals surface area contributed by atoms with E-state index in [1.165, 1.54) is 12.3 Å². The fraction of sp³-hybridized carbons (Fsp3) is 0.214. The molecule has 6 nitrogen and oxygen atoms in total. The highest BCUT2D eigenvalue weighted by atomic mass is 32.2. The molecule has 21 heavy (non-hydrogen) atoms. The van der Waals surface area contributed by atoms with Gasteiger partial charge >= 0.3 is 0 Å². The van der Waals surface area contributed by atoms with Gasteiger partial charge in [-0.25, -0.2) is 8.42 Å². The Kier molecular flexibility index (Phi) is 4.44. The van der Waals surface area contributed by atoms with Gasteiger partial charge < -0.3 is 10.6 Å². The summed E-state index contributed by atoms with van der Waals surface area (Å²) in [6, 6.07) is 10.3. The summed E-state index contributed by atoms with van der Waals surface area (Å²) in [5.41, 5.74) is 7.40. The van der Waals surface area contributed by atoms with Crippen LogP contribution in [0.1, 0.15) is 5.69 Å². The molecule has 0 fully saturated rings. The topological polar surface area (TPSA) is 88.3 Å². The zero-order chi connectivity index (χ0) is 15.5. The van der Waals surface area contributed by atoms with E-state index in [0.29, 0.717) is 11.4 Å². The molecule has 0 saturated carbocycles. The van der Waals surface area contributed by atoms with E-state index in [1.54, 1.807) is 18.2 Å². The van der Waals surface area contributed by atoms with Gasteiger partial charge in [0.2, 0.25) is 0 Å². The number of hydrogen-bond donors (Lipinski definition) is 2. The minimum Gasteiger partial charge on any atom is -0.376 e. The van der Waals surface area contributed by atoms with Crippen LogP contribution in [0.5, 0.6) is 0 Å². The third kappa shape index (κ3) is 3.50. The van der Waals surface area contributed by atoms with Crippen LogP contribution < -0.4 is 15.4 Å². The third-order valence-electron chi connectivity index (χ3n) is 2.95. The summed E-state index contributed by atoms with van der Waals surface area (Å²) in [5, 5.41) is 0. The molecule has 3 N–H and O–H groups in total. The Morgan fingerprint density at radius 2 is 1.90 bits per heavy atom. The molecular formula is C14H18N4O2S. The molecule has 0 spiro atoms. The van der Waals surface area contributed by atoms with Gasteiger partial charge in [-0.1, -0.05) is 12.1 Å². The van der Waals surface area contributed by atoms with Crippen molar-refractivity contribution in [1.82, 2.24) is 4.98 Å². The van der Waals surface area contributed by atoms with E-state index in [9.17, 15) is 8.42 Å². The first-order valence-electron chi connectivity index (χ1n) is 6.38. The number of aromatic nitrogens is 1. The van der Waals surface area contributed by atoms with Crippen LogP contribution in [0.25, 0.3) is 0 Å². The smallest absolute Gasteiger partial charge is 0.263 e. The summed E-state index contributed by atoms with van der Waals surface area (Å²) in [4.78, 5) is 5.95. The summed E-state index contributed by atoms with van der Waals surface area (Å²) in [6.45, 7) is 0.275. The number of nitrogens with one attached hydrogen (secondary N) is 1. The first-order valence-corrected chi connectivity index (χ1v) is 7.86. The average Bonchev–Trinajstić information content (AvgIpc) is 2.47. The summed E-state index contributed by atoms with van der Waals surface area (Å²) < 4.78 is 27.3. The molecule has 0 aliphatic rings. The molecule has 1 aromatic heterocycles. The van der Waals surface area contributed by atoms with E-state index in [2.05, 4.69) is 9.71 Å². The van der Waals surface area contributed by atoms with Crippen molar-refractivity contribution in [1.29, 1.82) is 0 Å². The maximum atomic E-state index is 12.4. The van der Waals surface area contributed by atoms with Gasteiger partial charge in [0.25, 0.3) is 10.0 Å². The van der Waals surface area contributed by atoms with Crippen molar-refractivity contribution in [2.75, 3.05) is 23.7 Å². The van der Waals surface area contributed by atoms with Crippen molar-refractivity contribution in [2.24, 2.45) is 5.73 Å². The molecule has 7 heteroatoms. The molecule has 0 aliphatic heterocycles. The van der Waals surface area contributed by atoms with Crippen LogP contribution in [-0.2, 0) is 16.6 Å². The van der Waals surface area contributed by atoms with Crippen molar-refractivity contribution in [3.05, 3.63) is 48.3 Å². The molecule has 0 aliphatic carbocycles. The second kappa shape index (κ2) is 6.11.